The highest BCUT2D eigenvalue weighted by molar-refractivity contribution is 6.33. The molecule has 1 aliphatic rings. The number of hydrogen-bond acceptors (Lipinski definition) is 3. The van der Waals surface area contributed by atoms with Gasteiger partial charge < -0.3 is 10.6 Å². The lowest BCUT2D eigenvalue weighted by Crippen LogP contribution is -2.27. The molecule has 0 spiro atoms. The van der Waals surface area contributed by atoms with E-state index in [1.54, 1.807) is 19.3 Å². The van der Waals surface area contributed by atoms with E-state index in [4.69, 9.17) is 11.6 Å². The third-order valence-corrected chi connectivity index (χ3v) is 4.60. The van der Waals surface area contributed by atoms with Crippen LogP contribution in [0.15, 0.2) is 12.3 Å². The molecule has 5 heteroatoms. The zero-order chi connectivity index (χ0) is 15.2. The van der Waals surface area contributed by atoms with Crippen molar-refractivity contribution in [2.45, 2.75) is 39.0 Å². The third kappa shape index (κ3) is 4.60. The highest BCUT2D eigenvalue weighted by Gasteiger charge is 2.18. The molecule has 1 heterocycles. The SMILES string of the molecule is CNc1ncc(C(=O)NCCC2CCC(C)CC2)cc1Cl. The fourth-order valence-corrected chi connectivity index (χ4v) is 3.12. The van der Waals surface area contributed by atoms with E-state index in [-0.39, 0.29) is 5.91 Å². The Kier molecular flexibility index (Phi) is 5.85. The normalized spacial score (nSPS) is 21.9. The Balaban J connectivity index is 1.78. The van der Waals surface area contributed by atoms with Gasteiger partial charge in [-0.25, -0.2) is 4.98 Å². The molecule has 1 fully saturated rings. The largest absolute Gasteiger partial charge is 0.372 e. The first-order chi connectivity index (χ1) is 10.1. The molecule has 1 saturated carbocycles. The molecular formula is C16H24ClN3O. The van der Waals surface area contributed by atoms with E-state index < -0.39 is 0 Å². The predicted molar refractivity (Wildman–Crippen MR) is 86.9 cm³/mol. The maximum absolute atomic E-state index is 12.1. The van der Waals surface area contributed by atoms with E-state index in [9.17, 15) is 4.79 Å². The van der Waals surface area contributed by atoms with Gasteiger partial charge in [-0.15, -0.1) is 0 Å². The summed E-state index contributed by atoms with van der Waals surface area (Å²) in [5.41, 5.74) is 0.510. The van der Waals surface area contributed by atoms with Gasteiger partial charge in [0.1, 0.15) is 5.82 Å². The minimum Gasteiger partial charge on any atom is -0.372 e. The molecule has 1 aliphatic carbocycles. The standard InChI is InChI=1S/C16H24ClN3O/c1-11-3-5-12(6-4-11)7-8-19-16(21)13-9-14(17)15(18-2)20-10-13/h9-12H,3-8H2,1-2H3,(H,18,20)(H,19,21). The van der Waals surface area contributed by atoms with Crippen LogP contribution in [-0.4, -0.2) is 24.5 Å². The molecule has 0 aliphatic heterocycles. The Bertz CT molecular complexity index is 484. The minimum absolute atomic E-state index is 0.101. The summed E-state index contributed by atoms with van der Waals surface area (Å²) in [6.07, 6.45) is 7.85. The van der Waals surface area contributed by atoms with Gasteiger partial charge in [0.05, 0.1) is 10.6 Å². The van der Waals surface area contributed by atoms with Crippen LogP contribution in [0.2, 0.25) is 5.02 Å². The number of halogens is 1. The number of aromatic nitrogens is 1. The zero-order valence-corrected chi connectivity index (χ0v) is 13.5. The summed E-state index contributed by atoms with van der Waals surface area (Å²) in [6.45, 7) is 3.05. The van der Waals surface area contributed by atoms with Gasteiger partial charge in [-0.2, -0.15) is 0 Å². The van der Waals surface area contributed by atoms with Crippen LogP contribution in [0, 0.1) is 11.8 Å². The van der Waals surface area contributed by atoms with Gasteiger partial charge in [-0.05, 0) is 24.3 Å². The maximum Gasteiger partial charge on any atom is 0.252 e. The molecule has 0 atom stereocenters. The van der Waals surface area contributed by atoms with Crippen molar-refractivity contribution in [3.05, 3.63) is 22.8 Å². The predicted octanol–water partition coefficient (Wildman–Crippen LogP) is 3.72. The van der Waals surface area contributed by atoms with E-state index in [1.165, 1.54) is 25.7 Å². The van der Waals surface area contributed by atoms with Crippen molar-refractivity contribution in [2.24, 2.45) is 11.8 Å². The molecule has 4 nitrogen and oxygen atoms in total. The zero-order valence-electron chi connectivity index (χ0n) is 12.8. The van der Waals surface area contributed by atoms with Crippen molar-refractivity contribution in [3.63, 3.8) is 0 Å². The van der Waals surface area contributed by atoms with Crippen molar-refractivity contribution in [3.8, 4) is 0 Å². The smallest absolute Gasteiger partial charge is 0.252 e. The first-order valence-corrected chi connectivity index (χ1v) is 8.09. The number of pyridine rings is 1. The van der Waals surface area contributed by atoms with Crippen molar-refractivity contribution >= 4 is 23.3 Å². The van der Waals surface area contributed by atoms with Crippen LogP contribution < -0.4 is 10.6 Å². The number of nitrogens with one attached hydrogen (secondary N) is 2. The summed E-state index contributed by atoms with van der Waals surface area (Å²) >= 11 is 6.04. The van der Waals surface area contributed by atoms with E-state index in [0.717, 1.165) is 24.8 Å². The molecule has 2 N–H and O–H groups in total. The van der Waals surface area contributed by atoms with Crippen LogP contribution in [0.3, 0.4) is 0 Å². The average molecular weight is 310 g/mol. The second-order valence-corrected chi connectivity index (χ2v) is 6.38. The van der Waals surface area contributed by atoms with E-state index in [1.807, 2.05) is 0 Å². The first kappa shape index (κ1) is 16.1. The number of rotatable bonds is 5. The topological polar surface area (TPSA) is 54.0 Å². The van der Waals surface area contributed by atoms with Gasteiger partial charge in [-0.1, -0.05) is 44.2 Å². The van der Waals surface area contributed by atoms with Gasteiger partial charge in [0.15, 0.2) is 0 Å². The second-order valence-electron chi connectivity index (χ2n) is 5.97. The lowest BCUT2D eigenvalue weighted by molar-refractivity contribution is 0.0949. The molecule has 116 valence electrons. The molecule has 1 aromatic heterocycles. The lowest BCUT2D eigenvalue weighted by atomic mass is 9.81. The van der Waals surface area contributed by atoms with E-state index >= 15 is 0 Å². The van der Waals surface area contributed by atoms with Crippen LogP contribution in [0.25, 0.3) is 0 Å². The first-order valence-electron chi connectivity index (χ1n) is 7.71. The Morgan fingerprint density at radius 1 is 1.38 bits per heavy atom. The van der Waals surface area contributed by atoms with Crippen LogP contribution in [0.4, 0.5) is 5.82 Å². The fraction of sp³-hybridized carbons (Fsp3) is 0.625. The molecule has 0 aromatic carbocycles. The monoisotopic (exact) mass is 309 g/mol. The van der Waals surface area contributed by atoms with Crippen molar-refractivity contribution in [1.29, 1.82) is 0 Å². The number of anilines is 1. The Hall–Kier alpha value is -1.29. The molecule has 1 amide bonds. The molecular weight excluding hydrogens is 286 g/mol. The number of amides is 1. The van der Waals surface area contributed by atoms with Crippen molar-refractivity contribution in [1.82, 2.24) is 10.3 Å². The molecule has 0 bridgehead atoms. The highest BCUT2D eigenvalue weighted by Crippen LogP contribution is 2.29. The summed E-state index contributed by atoms with van der Waals surface area (Å²) < 4.78 is 0. The minimum atomic E-state index is -0.101. The molecule has 0 saturated heterocycles. The maximum atomic E-state index is 12.1. The van der Waals surface area contributed by atoms with E-state index in [2.05, 4.69) is 22.5 Å². The van der Waals surface area contributed by atoms with Crippen molar-refractivity contribution in [2.75, 3.05) is 18.9 Å². The molecule has 2 rings (SSSR count). The average Bonchev–Trinajstić information content (AvgIpc) is 2.49. The Labute approximate surface area is 131 Å². The Morgan fingerprint density at radius 2 is 2.10 bits per heavy atom. The van der Waals surface area contributed by atoms with Gasteiger partial charge in [0, 0.05) is 19.8 Å². The summed E-state index contributed by atoms with van der Waals surface area (Å²) in [7, 11) is 1.75. The van der Waals surface area contributed by atoms with Crippen LogP contribution >= 0.6 is 11.6 Å². The number of carbonyl (C=O) groups is 1. The lowest BCUT2D eigenvalue weighted by Gasteiger charge is -2.26. The van der Waals surface area contributed by atoms with E-state index in [0.29, 0.717) is 16.4 Å². The quantitative estimate of drug-likeness (QED) is 0.871. The number of carbonyl (C=O) groups excluding carboxylic acids is 1. The fourth-order valence-electron chi connectivity index (χ4n) is 2.86. The van der Waals surface area contributed by atoms with Gasteiger partial charge >= 0.3 is 0 Å². The summed E-state index contributed by atoms with van der Waals surface area (Å²) in [6, 6.07) is 1.65. The van der Waals surface area contributed by atoms with Gasteiger partial charge in [0.2, 0.25) is 0 Å². The van der Waals surface area contributed by atoms with Crippen LogP contribution in [0.5, 0.6) is 0 Å². The summed E-state index contributed by atoms with van der Waals surface area (Å²) in [4.78, 5) is 16.2. The molecule has 1 aromatic rings. The molecule has 0 radical (unpaired) electrons. The number of hydrogen-bond donors (Lipinski definition) is 2. The van der Waals surface area contributed by atoms with Gasteiger partial charge in [-0.3, -0.25) is 4.79 Å². The Morgan fingerprint density at radius 3 is 2.71 bits per heavy atom. The van der Waals surface area contributed by atoms with Crippen LogP contribution in [-0.2, 0) is 0 Å². The van der Waals surface area contributed by atoms with Crippen molar-refractivity contribution < 1.29 is 4.79 Å². The second kappa shape index (κ2) is 7.64. The molecule has 21 heavy (non-hydrogen) atoms. The number of nitrogens with zero attached hydrogens (tertiary/aromatic N) is 1. The third-order valence-electron chi connectivity index (χ3n) is 4.31. The van der Waals surface area contributed by atoms with Gasteiger partial charge in [0.25, 0.3) is 5.91 Å². The molecule has 0 unspecified atom stereocenters. The summed E-state index contributed by atoms with van der Waals surface area (Å²) in [5.74, 6) is 2.12. The van der Waals surface area contributed by atoms with Crippen LogP contribution in [0.1, 0.15) is 49.4 Å². The highest BCUT2D eigenvalue weighted by atomic mass is 35.5. The summed E-state index contributed by atoms with van der Waals surface area (Å²) in [5, 5.41) is 6.30.